The summed E-state index contributed by atoms with van der Waals surface area (Å²) in [7, 11) is 1.64. The first-order valence-corrected chi connectivity index (χ1v) is 12.4. The second-order valence-corrected chi connectivity index (χ2v) is 9.46. The Morgan fingerprint density at radius 3 is 2.73 bits per heavy atom. The zero-order valence-corrected chi connectivity index (χ0v) is 20.8. The van der Waals surface area contributed by atoms with Crippen molar-refractivity contribution in [2.75, 3.05) is 19.4 Å². The fourth-order valence-corrected chi connectivity index (χ4v) is 5.38. The van der Waals surface area contributed by atoms with Crippen LogP contribution in [0.15, 0.2) is 70.9 Å². The van der Waals surface area contributed by atoms with Gasteiger partial charge in [-0.25, -0.2) is 4.98 Å². The van der Waals surface area contributed by atoms with E-state index in [1.54, 1.807) is 25.1 Å². The molecular formula is C24H26ClN3O3S2. The number of imide groups is 1. The van der Waals surface area contributed by atoms with Crippen molar-refractivity contribution in [3.8, 4) is 5.75 Å². The summed E-state index contributed by atoms with van der Waals surface area (Å²) in [6, 6.07) is 14.0. The van der Waals surface area contributed by atoms with Crippen LogP contribution in [0.1, 0.15) is 24.8 Å². The van der Waals surface area contributed by atoms with Crippen LogP contribution in [0, 0.1) is 0 Å². The summed E-state index contributed by atoms with van der Waals surface area (Å²) in [6.07, 6.45) is 8.89. The van der Waals surface area contributed by atoms with E-state index in [2.05, 4.69) is 15.5 Å². The second kappa shape index (κ2) is 12.2. The minimum atomic E-state index is -0.165. The number of hydrogen-bond donors (Lipinski definition) is 0. The van der Waals surface area contributed by atoms with Gasteiger partial charge < -0.3 is 4.74 Å². The van der Waals surface area contributed by atoms with Gasteiger partial charge in [0, 0.05) is 18.9 Å². The van der Waals surface area contributed by atoms with Crippen LogP contribution in [0.25, 0.3) is 5.65 Å². The van der Waals surface area contributed by atoms with Crippen LogP contribution in [0.2, 0.25) is 0 Å². The molecule has 0 aliphatic carbocycles. The Bertz CT molecular complexity index is 1130. The SMILES string of the molecule is COc1ccc(CCC=C2SC(=O)N(CCCCSc3cccc4nccn34)C2=O)cc1.Cl. The van der Waals surface area contributed by atoms with Gasteiger partial charge in [0.15, 0.2) is 0 Å². The molecule has 2 amide bonds. The van der Waals surface area contributed by atoms with Gasteiger partial charge in [-0.1, -0.05) is 24.3 Å². The third kappa shape index (κ3) is 6.34. The van der Waals surface area contributed by atoms with Crippen LogP contribution in [-0.4, -0.2) is 44.8 Å². The predicted molar refractivity (Wildman–Crippen MR) is 136 cm³/mol. The number of nitrogens with zero attached hydrogens (tertiary/aromatic N) is 3. The van der Waals surface area contributed by atoms with Gasteiger partial charge in [0.05, 0.1) is 17.0 Å². The van der Waals surface area contributed by atoms with Crippen molar-refractivity contribution in [3.63, 3.8) is 0 Å². The van der Waals surface area contributed by atoms with Crippen molar-refractivity contribution in [2.45, 2.75) is 30.7 Å². The lowest BCUT2D eigenvalue weighted by atomic mass is 10.1. The number of benzene rings is 1. The maximum absolute atomic E-state index is 12.6. The fraction of sp³-hybridized carbons (Fsp3) is 0.292. The summed E-state index contributed by atoms with van der Waals surface area (Å²) in [4.78, 5) is 31.2. The van der Waals surface area contributed by atoms with E-state index in [0.29, 0.717) is 11.4 Å². The molecule has 1 aliphatic heterocycles. The van der Waals surface area contributed by atoms with E-state index in [4.69, 9.17) is 4.74 Å². The number of ether oxygens (including phenoxy) is 1. The van der Waals surface area contributed by atoms with Crippen molar-refractivity contribution in [1.82, 2.24) is 14.3 Å². The quantitative estimate of drug-likeness (QED) is 0.196. The highest BCUT2D eigenvalue weighted by atomic mass is 35.5. The van der Waals surface area contributed by atoms with Crippen LogP contribution in [0.5, 0.6) is 5.75 Å². The highest BCUT2D eigenvalue weighted by Crippen LogP contribution is 2.31. The summed E-state index contributed by atoms with van der Waals surface area (Å²) >= 11 is 2.81. The number of pyridine rings is 1. The minimum absolute atomic E-state index is 0. The van der Waals surface area contributed by atoms with Crippen molar-refractivity contribution in [2.24, 2.45) is 0 Å². The van der Waals surface area contributed by atoms with E-state index in [9.17, 15) is 9.59 Å². The van der Waals surface area contributed by atoms with Crippen LogP contribution in [-0.2, 0) is 11.2 Å². The van der Waals surface area contributed by atoms with Crippen molar-refractivity contribution < 1.29 is 14.3 Å². The Morgan fingerprint density at radius 1 is 1.12 bits per heavy atom. The normalized spacial score (nSPS) is 14.8. The third-order valence-corrected chi connectivity index (χ3v) is 7.29. The molecule has 2 aromatic heterocycles. The van der Waals surface area contributed by atoms with E-state index in [-0.39, 0.29) is 23.6 Å². The first kappa shape index (κ1) is 25.2. The second-order valence-electron chi connectivity index (χ2n) is 7.35. The van der Waals surface area contributed by atoms with E-state index in [1.807, 2.05) is 48.7 Å². The minimum Gasteiger partial charge on any atom is -0.497 e. The van der Waals surface area contributed by atoms with Crippen molar-refractivity contribution >= 4 is 52.7 Å². The summed E-state index contributed by atoms with van der Waals surface area (Å²) in [5.74, 6) is 1.59. The van der Waals surface area contributed by atoms with E-state index in [0.717, 1.165) is 59.6 Å². The maximum Gasteiger partial charge on any atom is 0.293 e. The molecule has 0 atom stereocenters. The molecule has 3 heterocycles. The highest BCUT2D eigenvalue weighted by Gasteiger charge is 2.34. The molecule has 0 radical (unpaired) electrons. The number of allylic oxidation sites excluding steroid dienone is 1. The van der Waals surface area contributed by atoms with Crippen LogP contribution in [0.4, 0.5) is 4.79 Å². The molecule has 0 N–H and O–H groups in total. The van der Waals surface area contributed by atoms with Gasteiger partial charge in [-0.05, 0) is 73.0 Å². The Kier molecular flexibility index (Phi) is 9.29. The number of amides is 2. The number of thioether (sulfide) groups is 2. The van der Waals surface area contributed by atoms with Crippen LogP contribution < -0.4 is 4.74 Å². The molecule has 1 saturated heterocycles. The summed E-state index contributed by atoms with van der Waals surface area (Å²) in [5, 5.41) is 0.979. The van der Waals surface area contributed by atoms with Gasteiger partial charge in [0.2, 0.25) is 0 Å². The van der Waals surface area contributed by atoms with Crippen LogP contribution in [0.3, 0.4) is 0 Å². The van der Waals surface area contributed by atoms with E-state index < -0.39 is 0 Å². The zero-order valence-electron chi connectivity index (χ0n) is 18.3. The molecule has 9 heteroatoms. The Morgan fingerprint density at radius 2 is 1.94 bits per heavy atom. The Hall–Kier alpha value is -2.42. The molecule has 4 rings (SSSR count). The third-order valence-electron chi connectivity index (χ3n) is 5.21. The molecule has 6 nitrogen and oxygen atoms in total. The summed E-state index contributed by atoms with van der Waals surface area (Å²) in [6.45, 7) is 0.469. The molecule has 0 spiro atoms. The summed E-state index contributed by atoms with van der Waals surface area (Å²) < 4.78 is 7.24. The van der Waals surface area contributed by atoms with Gasteiger partial charge in [-0.2, -0.15) is 0 Å². The lowest BCUT2D eigenvalue weighted by Crippen LogP contribution is -2.29. The molecular weight excluding hydrogens is 478 g/mol. The largest absolute Gasteiger partial charge is 0.497 e. The highest BCUT2D eigenvalue weighted by molar-refractivity contribution is 8.18. The average Bonchev–Trinajstić information content (AvgIpc) is 3.39. The molecule has 3 aromatic rings. The fourth-order valence-electron chi connectivity index (χ4n) is 3.48. The molecule has 0 saturated carbocycles. The number of hydrogen-bond acceptors (Lipinski definition) is 6. The van der Waals surface area contributed by atoms with E-state index >= 15 is 0 Å². The molecule has 0 unspecified atom stereocenters. The number of unbranched alkanes of at least 4 members (excludes halogenated alkanes) is 1. The first-order valence-electron chi connectivity index (χ1n) is 10.6. The Labute approximate surface area is 208 Å². The molecule has 33 heavy (non-hydrogen) atoms. The molecule has 1 aliphatic rings. The molecule has 1 aromatic carbocycles. The molecule has 174 valence electrons. The lowest BCUT2D eigenvalue weighted by Gasteiger charge is -2.12. The molecule has 1 fully saturated rings. The van der Waals surface area contributed by atoms with E-state index in [1.165, 1.54) is 10.5 Å². The van der Waals surface area contributed by atoms with Gasteiger partial charge >= 0.3 is 0 Å². The zero-order chi connectivity index (χ0) is 22.3. The topological polar surface area (TPSA) is 63.9 Å². The Balaban J connectivity index is 0.00000306. The number of fused-ring (bicyclic) bond motifs is 1. The maximum atomic E-state index is 12.6. The number of carbonyl (C=O) groups is 2. The number of rotatable bonds is 10. The van der Waals surface area contributed by atoms with Crippen LogP contribution >= 0.6 is 35.9 Å². The number of halogens is 1. The number of carbonyl (C=O) groups excluding carboxylic acids is 2. The first-order chi connectivity index (χ1) is 15.7. The van der Waals surface area contributed by atoms with Crippen molar-refractivity contribution in [1.29, 1.82) is 0 Å². The average molecular weight is 504 g/mol. The number of imidazole rings is 1. The lowest BCUT2D eigenvalue weighted by molar-refractivity contribution is -0.122. The van der Waals surface area contributed by atoms with Gasteiger partial charge in [0.25, 0.3) is 11.1 Å². The van der Waals surface area contributed by atoms with Gasteiger partial charge in [-0.15, -0.1) is 24.2 Å². The monoisotopic (exact) mass is 503 g/mol. The number of aryl methyl sites for hydroxylation is 1. The number of aromatic nitrogens is 2. The standard InChI is InChI=1S/C24H25N3O3S2.ClH/c1-30-19-12-10-18(11-13-19)6-4-7-20-23(28)27(24(29)32-20)15-2-3-17-31-22-9-5-8-21-25-14-16-26(21)22;/h5,7-14,16H,2-4,6,15,17H2,1H3;1H. The smallest absolute Gasteiger partial charge is 0.293 e. The number of methoxy groups -OCH3 is 1. The predicted octanol–water partition coefficient (Wildman–Crippen LogP) is 5.85. The molecule has 0 bridgehead atoms. The van der Waals surface area contributed by atoms with Gasteiger partial charge in [0.1, 0.15) is 11.4 Å². The van der Waals surface area contributed by atoms with Gasteiger partial charge in [-0.3, -0.25) is 18.9 Å². The van der Waals surface area contributed by atoms with Crippen molar-refractivity contribution in [3.05, 3.63) is 71.4 Å². The summed E-state index contributed by atoms with van der Waals surface area (Å²) in [5.41, 5.74) is 2.11.